The van der Waals surface area contributed by atoms with E-state index in [2.05, 4.69) is 20.6 Å². The van der Waals surface area contributed by atoms with Crippen LogP contribution in [0.5, 0.6) is 0 Å². The van der Waals surface area contributed by atoms with Crippen molar-refractivity contribution in [1.82, 2.24) is 25.3 Å². The number of carbonyl (C=O) groups excluding carboxylic acids is 1. The Balaban J connectivity index is 1.67. The van der Waals surface area contributed by atoms with Crippen molar-refractivity contribution in [2.75, 3.05) is 6.26 Å². The van der Waals surface area contributed by atoms with Crippen LogP contribution in [-0.2, 0) is 6.54 Å². The molecule has 0 aliphatic heterocycles. The predicted octanol–water partition coefficient (Wildman–Crippen LogP) is 4.43. The van der Waals surface area contributed by atoms with Crippen LogP contribution in [0.1, 0.15) is 21.6 Å². The van der Waals surface area contributed by atoms with Crippen molar-refractivity contribution in [3.8, 4) is 16.9 Å². The second-order valence-electron chi connectivity index (χ2n) is 6.90. The van der Waals surface area contributed by atoms with Crippen LogP contribution >= 0.6 is 11.8 Å². The zero-order chi connectivity index (χ0) is 21.8. The quantitative estimate of drug-likeness (QED) is 0.456. The number of carbonyl (C=O) groups is 1. The summed E-state index contributed by atoms with van der Waals surface area (Å²) >= 11 is 1.66. The first-order chi connectivity index (χ1) is 15.1. The number of amides is 1. The van der Waals surface area contributed by atoms with Crippen LogP contribution in [0.25, 0.3) is 16.9 Å². The minimum absolute atomic E-state index is 0.189. The number of hydrogen-bond acceptors (Lipinski definition) is 5. The van der Waals surface area contributed by atoms with Gasteiger partial charge in [0, 0.05) is 29.4 Å². The van der Waals surface area contributed by atoms with Gasteiger partial charge in [0.15, 0.2) is 5.69 Å². The third-order valence-corrected chi connectivity index (χ3v) is 5.58. The molecule has 4 rings (SSSR count). The van der Waals surface area contributed by atoms with Crippen LogP contribution in [0.4, 0.5) is 4.39 Å². The van der Waals surface area contributed by atoms with E-state index in [0.717, 1.165) is 16.0 Å². The highest BCUT2D eigenvalue weighted by atomic mass is 32.2. The summed E-state index contributed by atoms with van der Waals surface area (Å²) in [5, 5.41) is 11.2. The Morgan fingerprint density at radius 2 is 1.84 bits per heavy atom. The number of halogens is 1. The zero-order valence-electron chi connectivity index (χ0n) is 17.0. The number of nitrogens with one attached hydrogen (secondary N) is 1. The van der Waals surface area contributed by atoms with E-state index >= 15 is 0 Å². The van der Waals surface area contributed by atoms with Gasteiger partial charge in [-0.1, -0.05) is 17.3 Å². The van der Waals surface area contributed by atoms with Crippen molar-refractivity contribution in [3.63, 3.8) is 0 Å². The Bertz CT molecular complexity index is 1210. The number of pyridine rings is 1. The first-order valence-corrected chi connectivity index (χ1v) is 10.8. The second-order valence-corrected chi connectivity index (χ2v) is 7.78. The van der Waals surface area contributed by atoms with Gasteiger partial charge in [-0.25, -0.2) is 9.07 Å². The maximum absolute atomic E-state index is 13.8. The van der Waals surface area contributed by atoms with Crippen LogP contribution in [0, 0.1) is 12.7 Å². The van der Waals surface area contributed by atoms with Gasteiger partial charge in [0.05, 0.1) is 5.69 Å². The number of rotatable bonds is 6. The number of benzene rings is 2. The summed E-state index contributed by atoms with van der Waals surface area (Å²) in [5.74, 6) is -0.648. The molecule has 31 heavy (non-hydrogen) atoms. The number of aromatic nitrogens is 4. The summed E-state index contributed by atoms with van der Waals surface area (Å²) in [6, 6.07) is 16.2. The van der Waals surface area contributed by atoms with Crippen LogP contribution in [-0.4, -0.2) is 32.1 Å². The molecular weight excluding hydrogens is 413 g/mol. The molecule has 2 heterocycles. The summed E-state index contributed by atoms with van der Waals surface area (Å²) in [5.41, 5.74) is 3.52. The number of aryl methyl sites for hydroxylation is 1. The lowest BCUT2D eigenvalue weighted by Gasteiger charge is -2.10. The van der Waals surface area contributed by atoms with Gasteiger partial charge in [-0.3, -0.25) is 9.78 Å². The average molecular weight is 434 g/mol. The fraction of sp³-hybridized carbons (Fsp3) is 0.130. The molecule has 0 aliphatic rings. The lowest BCUT2D eigenvalue weighted by Crippen LogP contribution is -2.24. The molecule has 1 N–H and O–H groups in total. The van der Waals surface area contributed by atoms with Gasteiger partial charge >= 0.3 is 0 Å². The van der Waals surface area contributed by atoms with E-state index in [1.807, 2.05) is 30.5 Å². The predicted molar refractivity (Wildman–Crippen MR) is 119 cm³/mol. The highest BCUT2D eigenvalue weighted by molar-refractivity contribution is 7.98. The molecule has 2 aromatic heterocycles. The first kappa shape index (κ1) is 20.7. The molecule has 0 atom stereocenters. The second kappa shape index (κ2) is 9.09. The van der Waals surface area contributed by atoms with E-state index in [0.29, 0.717) is 23.5 Å². The minimum atomic E-state index is -0.342. The van der Waals surface area contributed by atoms with Crippen LogP contribution in [0.3, 0.4) is 0 Å². The van der Waals surface area contributed by atoms with Crippen molar-refractivity contribution in [1.29, 1.82) is 0 Å². The highest BCUT2D eigenvalue weighted by Crippen LogP contribution is 2.26. The SMILES string of the molecule is CSc1ccc(CNC(=O)c2nnn(-c3ccc(F)c(C)c3)c2-c2ccncc2)cc1. The topological polar surface area (TPSA) is 72.7 Å². The lowest BCUT2D eigenvalue weighted by molar-refractivity contribution is 0.0946. The minimum Gasteiger partial charge on any atom is -0.346 e. The smallest absolute Gasteiger partial charge is 0.274 e. The molecular formula is C23H20FN5OS. The molecule has 0 fully saturated rings. The molecule has 8 heteroatoms. The van der Waals surface area contributed by atoms with Crippen LogP contribution in [0.2, 0.25) is 0 Å². The fourth-order valence-electron chi connectivity index (χ4n) is 3.15. The molecule has 0 unspecified atom stereocenters. The first-order valence-electron chi connectivity index (χ1n) is 9.60. The summed E-state index contributed by atoms with van der Waals surface area (Å²) < 4.78 is 15.3. The van der Waals surface area contributed by atoms with Gasteiger partial charge in [0.25, 0.3) is 5.91 Å². The van der Waals surface area contributed by atoms with E-state index in [-0.39, 0.29) is 17.4 Å². The summed E-state index contributed by atoms with van der Waals surface area (Å²) in [6.07, 6.45) is 5.29. The lowest BCUT2D eigenvalue weighted by atomic mass is 10.1. The van der Waals surface area contributed by atoms with Gasteiger partial charge in [-0.15, -0.1) is 16.9 Å². The number of nitrogens with zero attached hydrogens (tertiary/aromatic N) is 4. The van der Waals surface area contributed by atoms with E-state index < -0.39 is 0 Å². The maximum Gasteiger partial charge on any atom is 0.274 e. The normalized spacial score (nSPS) is 10.8. The van der Waals surface area contributed by atoms with Crippen LogP contribution in [0.15, 0.2) is 71.9 Å². The molecule has 0 saturated carbocycles. The highest BCUT2D eigenvalue weighted by Gasteiger charge is 2.22. The molecule has 0 radical (unpaired) electrons. The number of thioether (sulfide) groups is 1. The van der Waals surface area contributed by atoms with Gasteiger partial charge in [-0.2, -0.15) is 0 Å². The van der Waals surface area contributed by atoms with E-state index in [1.165, 1.54) is 6.07 Å². The van der Waals surface area contributed by atoms with Gasteiger partial charge in [-0.05, 0) is 66.8 Å². The van der Waals surface area contributed by atoms with Crippen molar-refractivity contribution in [2.45, 2.75) is 18.4 Å². The molecule has 156 valence electrons. The van der Waals surface area contributed by atoms with Crippen molar-refractivity contribution >= 4 is 17.7 Å². The Morgan fingerprint density at radius 3 is 2.52 bits per heavy atom. The molecule has 6 nitrogen and oxygen atoms in total. The third kappa shape index (κ3) is 4.49. The fourth-order valence-corrected chi connectivity index (χ4v) is 3.56. The summed E-state index contributed by atoms with van der Waals surface area (Å²) in [4.78, 5) is 18.2. The standard InChI is InChI=1S/C23H20FN5OS/c1-15-13-18(5-8-20(15)24)29-22(17-9-11-25-12-10-17)21(27-28-29)23(30)26-14-16-3-6-19(31-2)7-4-16/h3-13H,14H2,1-2H3,(H,26,30). The van der Waals surface area contributed by atoms with Crippen molar-refractivity contribution < 1.29 is 9.18 Å². The third-order valence-electron chi connectivity index (χ3n) is 4.84. The van der Waals surface area contributed by atoms with Gasteiger partial charge in [0.2, 0.25) is 0 Å². The van der Waals surface area contributed by atoms with E-state index in [9.17, 15) is 9.18 Å². The van der Waals surface area contributed by atoms with E-state index in [1.54, 1.807) is 60.0 Å². The average Bonchev–Trinajstić information content (AvgIpc) is 3.25. The Morgan fingerprint density at radius 1 is 1.10 bits per heavy atom. The van der Waals surface area contributed by atoms with Crippen molar-refractivity contribution in [3.05, 3.63) is 89.6 Å². The maximum atomic E-state index is 13.8. The molecule has 0 saturated heterocycles. The zero-order valence-corrected chi connectivity index (χ0v) is 17.9. The summed E-state index contributed by atoms with van der Waals surface area (Å²) in [7, 11) is 0. The number of hydrogen-bond donors (Lipinski definition) is 1. The van der Waals surface area contributed by atoms with Crippen LogP contribution < -0.4 is 5.32 Å². The Kier molecular flexibility index (Phi) is 6.08. The van der Waals surface area contributed by atoms with Crippen molar-refractivity contribution in [2.24, 2.45) is 0 Å². The molecule has 0 aliphatic carbocycles. The Labute approximate surface area is 183 Å². The summed E-state index contributed by atoms with van der Waals surface area (Å²) in [6.45, 7) is 2.05. The largest absolute Gasteiger partial charge is 0.346 e. The molecule has 4 aromatic rings. The Hall–Kier alpha value is -3.52. The molecule has 1 amide bonds. The van der Waals surface area contributed by atoms with Gasteiger partial charge < -0.3 is 5.32 Å². The molecule has 2 aromatic carbocycles. The molecule has 0 bridgehead atoms. The van der Waals surface area contributed by atoms with Gasteiger partial charge in [0.1, 0.15) is 11.5 Å². The monoisotopic (exact) mass is 433 g/mol. The molecule has 0 spiro atoms. The van der Waals surface area contributed by atoms with E-state index in [4.69, 9.17) is 0 Å².